The Bertz CT molecular complexity index is 1770. The summed E-state index contributed by atoms with van der Waals surface area (Å²) in [6.45, 7) is 18.6. The maximum Gasteiger partial charge on any atom is 0.326 e. The summed E-state index contributed by atoms with van der Waals surface area (Å²) in [5.74, 6) is -8.80. The Morgan fingerprint density at radius 2 is 1.06 bits per heavy atom. The van der Waals surface area contributed by atoms with Crippen molar-refractivity contribution in [2.45, 2.75) is 182 Å². The molecule has 0 spiro atoms. The summed E-state index contributed by atoms with van der Waals surface area (Å²) in [6.07, 6.45) is 2.18. The number of aliphatic hydroxyl groups excluding tert-OH is 1. The zero-order valence-corrected chi connectivity index (χ0v) is 42.6. The molecular weight excluding hydrogens is 897 g/mol. The van der Waals surface area contributed by atoms with E-state index in [9.17, 15) is 53.4 Å². The van der Waals surface area contributed by atoms with E-state index in [4.69, 9.17) is 17.2 Å². The molecule has 1 heterocycles. The van der Waals surface area contributed by atoms with Crippen molar-refractivity contribution < 1.29 is 53.4 Å². The molecular formula is C46H84N12O11. The second-order valence-corrected chi connectivity index (χ2v) is 19.4. The van der Waals surface area contributed by atoms with Crippen LogP contribution in [0.2, 0.25) is 0 Å². The molecule has 394 valence electrons. The number of likely N-dealkylation sites (tertiary alicyclic amines) is 1. The molecule has 0 bridgehead atoms. The summed E-state index contributed by atoms with van der Waals surface area (Å²) in [5, 5.41) is 38.5. The Morgan fingerprint density at radius 1 is 0.623 bits per heavy atom. The van der Waals surface area contributed by atoms with Gasteiger partial charge in [-0.15, -0.1) is 0 Å². The van der Waals surface area contributed by atoms with Gasteiger partial charge in [0.2, 0.25) is 47.3 Å². The third-order valence-electron chi connectivity index (χ3n) is 12.1. The second kappa shape index (κ2) is 30.1. The molecule has 8 amide bonds. The van der Waals surface area contributed by atoms with Crippen LogP contribution in [0.25, 0.3) is 0 Å². The van der Waals surface area contributed by atoms with Crippen LogP contribution >= 0.6 is 0 Å². The van der Waals surface area contributed by atoms with Gasteiger partial charge in [0, 0.05) is 13.1 Å². The van der Waals surface area contributed by atoms with Crippen molar-refractivity contribution in [3.63, 3.8) is 0 Å². The molecule has 0 unspecified atom stereocenters. The number of nitrogens with two attached hydrogens (primary N) is 3. The lowest BCUT2D eigenvalue weighted by Gasteiger charge is -2.31. The van der Waals surface area contributed by atoms with Crippen molar-refractivity contribution in [3.05, 3.63) is 0 Å². The molecule has 23 heteroatoms. The van der Waals surface area contributed by atoms with Crippen molar-refractivity contribution in [1.29, 1.82) is 0 Å². The zero-order chi connectivity index (χ0) is 52.9. The first-order valence-electron chi connectivity index (χ1n) is 24.3. The van der Waals surface area contributed by atoms with Crippen LogP contribution in [-0.4, -0.2) is 148 Å². The van der Waals surface area contributed by atoms with Crippen LogP contribution in [0.3, 0.4) is 0 Å². The van der Waals surface area contributed by atoms with Crippen molar-refractivity contribution in [2.75, 3.05) is 19.7 Å². The third-order valence-corrected chi connectivity index (χ3v) is 12.1. The summed E-state index contributed by atoms with van der Waals surface area (Å²) < 4.78 is 0. The molecule has 0 aromatic heterocycles. The van der Waals surface area contributed by atoms with Gasteiger partial charge in [0.1, 0.15) is 48.3 Å². The zero-order valence-electron chi connectivity index (χ0n) is 42.6. The van der Waals surface area contributed by atoms with Crippen LogP contribution < -0.4 is 54.4 Å². The molecule has 0 saturated carbocycles. The number of nitrogens with zero attached hydrogens (tertiary/aromatic N) is 2. The highest BCUT2D eigenvalue weighted by Crippen LogP contribution is 2.20. The van der Waals surface area contributed by atoms with E-state index in [0.717, 1.165) is 0 Å². The Balaban J connectivity index is 3.39. The average molecular weight is 981 g/mol. The number of carbonyl (C=O) groups is 9. The van der Waals surface area contributed by atoms with Crippen LogP contribution in [0.1, 0.15) is 128 Å². The van der Waals surface area contributed by atoms with E-state index in [-0.39, 0.29) is 55.9 Å². The Kier molecular flexibility index (Phi) is 26.8. The summed E-state index contributed by atoms with van der Waals surface area (Å²) in [6, 6.07) is -10.6. The maximum absolute atomic E-state index is 14.1. The largest absolute Gasteiger partial charge is 0.480 e. The smallest absolute Gasteiger partial charge is 0.326 e. The van der Waals surface area contributed by atoms with E-state index in [0.29, 0.717) is 32.2 Å². The van der Waals surface area contributed by atoms with Gasteiger partial charge >= 0.3 is 5.97 Å². The Morgan fingerprint density at radius 3 is 1.51 bits per heavy atom. The molecule has 1 rings (SSSR count). The number of aliphatic hydroxyl groups is 1. The number of hydrogen-bond acceptors (Lipinski definition) is 12. The number of nitrogens with one attached hydrogen (secondary N) is 7. The average Bonchev–Trinajstić information content (AvgIpc) is 3.77. The first-order chi connectivity index (χ1) is 32.2. The highest BCUT2D eigenvalue weighted by molar-refractivity contribution is 5.98. The lowest BCUT2D eigenvalue weighted by atomic mass is 9.95. The monoisotopic (exact) mass is 981 g/mol. The number of carboxylic acids is 1. The molecule has 1 aliphatic heterocycles. The van der Waals surface area contributed by atoms with Crippen molar-refractivity contribution in [1.82, 2.24) is 42.1 Å². The molecule has 0 aromatic carbocycles. The molecule has 1 saturated heterocycles. The van der Waals surface area contributed by atoms with Crippen molar-refractivity contribution in [2.24, 2.45) is 51.8 Å². The van der Waals surface area contributed by atoms with E-state index in [2.05, 4.69) is 42.2 Å². The Hall–Kier alpha value is -5.58. The third kappa shape index (κ3) is 20.5. The summed E-state index contributed by atoms with van der Waals surface area (Å²) >= 11 is 0. The van der Waals surface area contributed by atoms with Gasteiger partial charge in [-0.2, -0.15) is 0 Å². The fourth-order valence-electron chi connectivity index (χ4n) is 7.68. The number of hydrogen-bond donors (Lipinski definition) is 12. The number of carbonyl (C=O) groups excluding carboxylic acids is 8. The molecule has 23 nitrogen and oxygen atoms in total. The SMILES string of the molecule is CC[C@H](C)[C@H](NC(=O)[C@H](CC(C)C)NC(=O)[C@@H]1CCCN1C(=O)[C@H](C)N)C(=O)N[C@@H](CC(C)C)C(=O)N[C@@H](CO)C(=O)N[C@@H](CCCN=C(N)N)C(=O)N[C@H](C(=O)N[C@H](C(=O)O)C(C)C)[C@@H](C)CC. The molecule has 15 N–H and O–H groups in total. The van der Waals surface area contributed by atoms with Gasteiger partial charge < -0.3 is 69.5 Å². The highest BCUT2D eigenvalue weighted by Gasteiger charge is 2.39. The fourth-order valence-corrected chi connectivity index (χ4v) is 7.68. The van der Waals surface area contributed by atoms with Gasteiger partial charge in [-0.05, 0) is 75.0 Å². The quantitative estimate of drug-likeness (QED) is 0.0226. The maximum atomic E-state index is 14.1. The standard InChI is InChI=1S/C46H84N12O11/c1-12-26(9)35(57-39(62)31(21-24(5)6)52-41(64)33-17-15-19-58(33)44(67)28(11)47)42(65)53-30(20-23(3)4)38(61)54-32(22-59)40(63)51-29(16-14-18-50-46(48)49)37(60)56-36(27(10)13-2)43(66)55-34(25(7)8)45(68)69/h23-36,59H,12-22,47H2,1-11H3,(H,51,63)(H,52,64)(H,53,65)(H,54,61)(H,55,66)(H,56,60)(H,57,62)(H,68,69)(H4,48,49,50)/t26-,27-,28-,29-,30-,31-,32-,33-,34-,35-,36-/m0/s1. The molecule has 0 aromatic rings. The van der Waals surface area contributed by atoms with Gasteiger partial charge in [-0.1, -0.05) is 82.1 Å². The van der Waals surface area contributed by atoms with Crippen LogP contribution in [0, 0.1) is 29.6 Å². The van der Waals surface area contributed by atoms with E-state index < -0.39 is 126 Å². The van der Waals surface area contributed by atoms with Gasteiger partial charge in [-0.25, -0.2) is 4.79 Å². The normalized spacial score (nSPS) is 18.0. The van der Waals surface area contributed by atoms with E-state index in [1.165, 1.54) is 11.8 Å². The van der Waals surface area contributed by atoms with Gasteiger partial charge in [-0.3, -0.25) is 43.3 Å². The molecule has 0 radical (unpaired) electrons. The van der Waals surface area contributed by atoms with Crippen molar-refractivity contribution in [3.8, 4) is 0 Å². The van der Waals surface area contributed by atoms with Crippen LogP contribution in [0.15, 0.2) is 4.99 Å². The Labute approximate surface area is 407 Å². The van der Waals surface area contributed by atoms with Crippen LogP contribution in [0.4, 0.5) is 0 Å². The summed E-state index contributed by atoms with van der Waals surface area (Å²) in [5.41, 5.74) is 16.7. The minimum atomic E-state index is -1.64. The van der Waals surface area contributed by atoms with E-state index in [1.54, 1.807) is 48.5 Å². The predicted molar refractivity (Wildman–Crippen MR) is 259 cm³/mol. The highest BCUT2D eigenvalue weighted by atomic mass is 16.4. The minimum absolute atomic E-state index is 0.0593. The van der Waals surface area contributed by atoms with Crippen LogP contribution in [-0.2, 0) is 43.2 Å². The van der Waals surface area contributed by atoms with Crippen LogP contribution in [0.5, 0.6) is 0 Å². The minimum Gasteiger partial charge on any atom is -0.480 e. The second-order valence-electron chi connectivity index (χ2n) is 19.4. The first-order valence-corrected chi connectivity index (χ1v) is 24.3. The summed E-state index contributed by atoms with van der Waals surface area (Å²) in [4.78, 5) is 127. The number of guanidine groups is 1. The lowest BCUT2D eigenvalue weighted by molar-refractivity contribution is -0.144. The number of aliphatic imine (C=N–C) groups is 1. The summed E-state index contributed by atoms with van der Waals surface area (Å²) in [7, 11) is 0. The fraction of sp³-hybridized carbons (Fsp3) is 0.783. The van der Waals surface area contributed by atoms with E-state index >= 15 is 0 Å². The number of amides is 8. The van der Waals surface area contributed by atoms with E-state index in [1.807, 2.05) is 20.8 Å². The topological polar surface area (TPSA) is 372 Å². The molecule has 1 fully saturated rings. The molecule has 69 heavy (non-hydrogen) atoms. The van der Waals surface area contributed by atoms with Gasteiger partial charge in [0.05, 0.1) is 12.6 Å². The number of aliphatic carboxylic acids is 1. The number of rotatable bonds is 30. The number of carboxylic acid groups (broad SMARTS) is 1. The van der Waals surface area contributed by atoms with Gasteiger partial charge in [0.15, 0.2) is 5.96 Å². The van der Waals surface area contributed by atoms with Gasteiger partial charge in [0.25, 0.3) is 0 Å². The predicted octanol–water partition coefficient (Wildman–Crippen LogP) is -1.31. The molecule has 0 aliphatic carbocycles. The first kappa shape index (κ1) is 61.4. The molecule has 11 atom stereocenters. The lowest BCUT2D eigenvalue weighted by Crippen LogP contribution is -2.62. The molecule has 1 aliphatic rings. The van der Waals surface area contributed by atoms with Crippen molar-refractivity contribution >= 4 is 59.2 Å².